The van der Waals surface area contributed by atoms with Gasteiger partial charge in [-0.25, -0.2) is 8.78 Å². The Balaban J connectivity index is 1.96. The van der Waals surface area contributed by atoms with Crippen LogP contribution in [0.1, 0.15) is 11.1 Å². The number of aryl methyl sites for hydroxylation is 1. The summed E-state index contributed by atoms with van der Waals surface area (Å²) >= 11 is 1.71. The van der Waals surface area contributed by atoms with Gasteiger partial charge in [0, 0.05) is 16.7 Å². The van der Waals surface area contributed by atoms with Gasteiger partial charge in [0.2, 0.25) is 0 Å². The zero-order valence-corrected chi connectivity index (χ0v) is 13.0. The Bertz CT molecular complexity index is 584. The zero-order chi connectivity index (χ0) is 15.2. The first-order valence-electron chi connectivity index (χ1n) is 6.89. The van der Waals surface area contributed by atoms with Gasteiger partial charge in [-0.05, 0) is 56.3 Å². The standard InChI is InChI=1S/C17H19F2NS/c1-12-3-6-16(7-4-12)21-11-15(20-2)10-13-9-14(18)5-8-17(13)19/h3-9,15,20H,10-11H2,1-2H3. The van der Waals surface area contributed by atoms with E-state index in [9.17, 15) is 8.78 Å². The lowest BCUT2D eigenvalue weighted by molar-refractivity contribution is 0.555. The molecule has 1 N–H and O–H groups in total. The molecule has 0 fully saturated rings. The van der Waals surface area contributed by atoms with Crippen LogP contribution in [0.3, 0.4) is 0 Å². The molecule has 112 valence electrons. The molecule has 2 aromatic carbocycles. The lowest BCUT2D eigenvalue weighted by Crippen LogP contribution is -2.30. The van der Waals surface area contributed by atoms with Gasteiger partial charge in [0.05, 0.1) is 0 Å². The summed E-state index contributed by atoms with van der Waals surface area (Å²) in [7, 11) is 1.84. The van der Waals surface area contributed by atoms with E-state index in [2.05, 4.69) is 36.5 Å². The number of thioether (sulfide) groups is 1. The highest BCUT2D eigenvalue weighted by molar-refractivity contribution is 7.99. The van der Waals surface area contributed by atoms with E-state index in [1.807, 2.05) is 7.05 Å². The van der Waals surface area contributed by atoms with Crippen LogP contribution < -0.4 is 5.32 Å². The highest BCUT2D eigenvalue weighted by Gasteiger charge is 2.12. The summed E-state index contributed by atoms with van der Waals surface area (Å²) in [6.45, 7) is 2.05. The molecule has 0 bridgehead atoms. The van der Waals surface area contributed by atoms with Gasteiger partial charge in [-0.15, -0.1) is 11.8 Å². The lowest BCUT2D eigenvalue weighted by atomic mass is 10.1. The van der Waals surface area contributed by atoms with Crippen molar-refractivity contribution in [2.45, 2.75) is 24.3 Å². The van der Waals surface area contributed by atoms with Crippen LogP contribution >= 0.6 is 11.8 Å². The van der Waals surface area contributed by atoms with E-state index in [1.54, 1.807) is 11.8 Å². The van der Waals surface area contributed by atoms with Crippen LogP contribution in [0.4, 0.5) is 8.78 Å². The van der Waals surface area contributed by atoms with Crippen LogP contribution in [0, 0.1) is 18.6 Å². The Labute approximate surface area is 128 Å². The number of rotatable bonds is 6. The predicted octanol–water partition coefficient (Wildman–Crippen LogP) is 4.20. The van der Waals surface area contributed by atoms with Crippen molar-refractivity contribution in [3.63, 3.8) is 0 Å². The topological polar surface area (TPSA) is 12.0 Å². The van der Waals surface area contributed by atoms with Crippen molar-refractivity contribution in [2.75, 3.05) is 12.8 Å². The van der Waals surface area contributed by atoms with Crippen molar-refractivity contribution in [3.8, 4) is 0 Å². The van der Waals surface area contributed by atoms with Gasteiger partial charge in [-0.3, -0.25) is 0 Å². The zero-order valence-electron chi connectivity index (χ0n) is 12.2. The predicted molar refractivity (Wildman–Crippen MR) is 84.8 cm³/mol. The molecule has 0 aromatic heterocycles. The summed E-state index contributed by atoms with van der Waals surface area (Å²) in [6, 6.07) is 12.0. The number of hydrogen-bond donors (Lipinski definition) is 1. The second-order valence-corrected chi connectivity index (χ2v) is 6.14. The molecule has 0 heterocycles. The van der Waals surface area contributed by atoms with Gasteiger partial charge < -0.3 is 5.32 Å². The summed E-state index contributed by atoms with van der Waals surface area (Å²) in [5.41, 5.74) is 1.64. The minimum absolute atomic E-state index is 0.0904. The second-order valence-electron chi connectivity index (χ2n) is 5.05. The summed E-state index contributed by atoms with van der Waals surface area (Å²) in [5, 5.41) is 3.17. The van der Waals surface area contributed by atoms with E-state index >= 15 is 0 Å². The van der Waals surface area contributed by atoms with Gasteiger partial charge in [-0.2, -0.15) is 0 Å². The van der Waals surface area contributed by atoms with Gasteiger partial charge in [-0.1, -0.05) is 17.7 Å². The third-order valence-electron chi connectivity index (χ3n) is 3.35. The Morgan fingerprint density at radius 1 is 1.10 bits per heavy atom. The molecule has 1 nitrogen and oxygen atoms in total. The summed E-state index contributed by atoms with van der Waals surface area (Å²) in [5.74, 6) is 0.0552. The van der Waals surface area contributed by atoms with E-state index < -0.39 is 5.82 Å². The van der Waals surface area contributed by atoms with Crippen LogP contribution in [0.15, 0.2) is 47.4 Å². The first kappa shape index (κ1) is 16.0. The van der Waals surface area contributed by atoms with Crippen molar-refractivity contribution in [2.24, 2.45) is 0 Å². The average molecular weight is 307 g/mol. The van der Waals surface area contributed by atoms with Gasteiger partial charge in [0.25, 0.3) is 0 Å². The third-order valence-corrected chi connectivity index (χ3v) is 4.53. The highest BCUT2D eigenvalue weighted by Crippen LogP contribution is 2.21. The number of likely N-dealkylation sites (N-methyl/N-ethyl adjacent to an activating group) is 1. The van der Waals surface area contributed by atoms with Crippen molar-refractivity contribution in [3.05, 3.63) is 65.2 Å². The van der Waals surface area contributed by atoms with E-state index in [1.165, 1.54) is 22.6 Å². The fourth-order valence-corrected chi connectivity index (χ4v) is 3.05. The molecule has 0 radical (unpaired) electrons. The molecular weight excluding hydrogens is 288 g/mol. The quantitative estimate of drug-likeness (QED) is 0.803. The highest BCUT2D eigenvalue weighted by atomic mass is 32.2. The Hall–Kier alpha value is -1.39. The monoisotopic (exact) mass is 307 g/mol. The van der Waals surface area contributed by atoms with E-state index in [0.717, 1.165) is 11.8 Å². The van der Waals surface area contributed by atoms with E-state index in [-0.39, 0.29) is 11.9 Å². The SMILES string of the molecule is CNC(CSc1ccc(C)cc1)Cc1cc(F)ccc1F. The molecule has 21 heavy (non-hydrogen) atoms. The number of hydrogen-bond acceptors (Lipinski definition) is 2. The molecule has 0 saturated heterocycles. The second kappa shape index (κ2) is 7.57. The van der Waals surface area contributed by atoms with Crippen molar-refractivity contribution >= 4 is 11.8 Å². The number of halogens is 2. The normalized spacial score (nSPS) is 12.4. The average Bonchev–Trinajstić information content (AvgIpc) is 2.48. The molecule has 0 spiro atoms. The molecule has 2 rings (SSSR count). The lowest BCUT2D eigenvalue weighted by Gasteiger charge is -2.16. The first-order valence-corrected chi connectivity index (χ1v) is 7.87. The van der Waals surface area contributed by atoms with Gasteiger partial charge in [0.15, 0.2) is 0 Å². The minimum Gasteiger partial charge on any atom is -0.316 e. The maximum absolute atomic E-state index is 13.7. The van der Waals surface area contributed by atoms with Gasteiger partial charge in [0.1, 0.15) is 11.6 Å². The van der Waals surface area contributed by atoms with Gasteiger partial charge >= 0.3 is 0 Å². The summed E-state index contributed by atoms with van der Waals surface area (Å²) in [6.07, 6.45) is 0.471. The molecule has 0 saturated carbocycles. The molecule has 4 heteroatoms. The maximum atomic E-state index is 13.7. The van der Waals surface area contributed by atoms with E-state index in [4.69, 9.17) is 0 Å². The van der Waals surface area contributed by atoms with Crippen molar-refractivity contribution in [1.29, 1.82) is 0 Å². The van der Waals surface area contributed by atoms with Crippen molar-refractivity contribution < 1.29 is 8.78 Å². The molecular formula is C17H19F2NS. The fraction of sp³-hybridized carbons (Fsp3) is 0.294. The molecule has 1 unspecified atom stereocenters. The Morgan fingerprint density at radius 3 is 2.48 bits per heavy atom. The molecule has 2 aromatic rings. The molecule has 1 atom stereocenters. The summed E-state index contributed by atoms with van der Waals surface area (Å²) in [4.78, 5) is 1.18. The maximum Gasteiger partial charge on any atom is 0.126 e. The fourth-order valence-electron chi connectivity index (χ4n) is 2.04. The van der Waals surface area contributed by atoms with Crippen LogP contribution in [0.2, 0.25) is 0 Å². The van der Waals surface area contributed by atoms with Crippen LogP contribution in [-0.2, 0) is 6.42 Å². The molecule has 0 amide bonds. The van der Waals surface area contributed by atoms with Crippen LogP contribution in [-0.4, -0.2) is 18.8 Å². The molecule has 0 aliphatic rings. The Kier molecular flexibility index (Phi) is 5.76. The van der Waals surface area contributed by atoms with Crippen LogP contribution in [0.5, 0.6) is 0 Å². The van der Waals surface area contributed by atoms with Crippen molar-refractivity contribution in [1.82, 2.24) is 5.32 Å². The first-order chi connectivity index (χ1) is 10.1. The summed E-state index contributed by atoms with van der Waals surface area (Å²) < 4.78 is 26.9. The number of nitrogens with one attached hydrogen (secondary N) is 1. The molecule has 0 aliphatic carbocycles. The molecule has 0 aliphatic heterocycles. The third kappa shape index (κ3) is 4.83. The number of benzene rings is 2. The van der Waals surface area contributed by atoms with E-state index in [0.29, 0.717) is 12.0 Å². The van der Waals surface area contributed by atoms with Crippen LogP contribution in [0.25, 0.3) is 0 Å². The minimum atomic E-state index is -0.396. The largest absolute Gasteiger partial charge is 0.316 e. The smallest absolute Gasteiger partial charge is 0.126 e. The Morgan fingerprint density at radius 2 is 1.81 bits per heavy atom.